The monoisotopic (exact) mass is 290 g/mol. The van der Waals surface area contributed by atoms with Gasteiger partial charge < -0.3 is 0 Å². The number of hydrogen-bond acceptors (Lipinski definition) is 6. The van der Waals surface area contributed by atoms with Crippen molar-refractivity contribution < 1.29 is 9.59 Å². The highest BCUT2D eigenvalue weighted by Crippen LogP contribution is 1.88. The third-order valence-corrected chi connectivity index (χ3v) is 2.32. The van der Waals surface area contributed by atoms with Crippen LogP contribution in [-0.2, 0) is 11.3 Å². The summed E-state index contributed by atoms with van der Waals surface area (Å²) in [6.45, 7) is -0.365. The van der Waals surface area contributed by atoms with E-state index in [0.29, 0.717) is 0 Å². The molecule has 2 aromatic rings. The second-order valence-corrected chi connectivity index (χ2v) is 3.83. The van der Waals surface area contributed by atoms with Crippen molar-refractivity contribution in [2.75, 3.05) is 0 Å². The normalized spacial score (nSPS) is 9.90. The SMILES string of the molecule is O=C(Cn1ccc(=O)[nH]c1=O)NNC(=O)c1cnccn1. The van der Waals surface area contributed by atoms with Crippen LogP contribution in [0.3, 0.4) is 0 Å². The molecule has 108 valence electrons. The van der Waals surface area contributed by atoms with Crippen LogP contribution in [0.5, 0.6) is 0 Å². The van der Waals surface area contributed by atoms with E-state index in [2.05, 4.69) is 20.8 Å². The molecule has 21 heavy (non-hydrogen) atoms. The fourth-order valence-electron chi connectivity index (χ4n) is 1.37. The quantitative estimate of drug-likeness (QED) is 0.548. The Morgan fingerprint density at radius 1 is 1.24 bits per heavy atom. The molecule has 2 rings (SSSR count). The number of hydrogen-bond donors (Lipinski definition) is 3. The zero-order valence-electron chi connectivity index (χ0n) is 10.6. The maximum atomic E-state index is 11.6. The average Bonchev–Trinajstić information content (AvgIpc) is 2.48. The summed E-state index contributed by atoms with van der Waals surface area (Å²) in [7, 11) is 0. The highest BCUT2D eigenvalue weighted by Gasteiger charge is 2.09. The van der Waals surface area contributed by atoms with Gasteiger partial charge in [-0.2, -0.15) is 0 Å². The number of amides is 2. The van der Waals surface area contributed by atoms with Crippen molar-refractivity contribution in [3.63, 3.8) is 0 Å². The molecule has 0 aliphatic heterocycles. The first kappa shape index (κ1) is 14.1. The summed E-state index contributed by atoms with van der Waals surface area (Å²) in [6, 6.07) is 1.10. The number of rotatable bonds is 3. The molecule has 0 aliphatic carbocycles. The van der Waals surface area contributed by atoms with E-state index in [1.807, 2.05) is 4.98 Å². The maximum absolute atomic E-state index is 11.6. The first-order valence-electron chi connectivity index (χ1n) is 5.71. The maximum Gasteiger partial charge on any atom is 0.328 e. The highest BCUT2D eigenvalue weighted by atomic mass is 16.2. The number of nitrogens with zero attached hydrogens (tertiary/aromatic N) is 3. The van der Waals surface area contributed by atoms with Gasteiger partial charge in [-0.3, -0.25) is 39.8 Å². The Kier molecular flexibility index (Phi) is 4.19. The molecule has 10 nitrogen and oxygen atoms in total. The second-order valence-electron chi connectivity index (χ2n) is 3.83. The summed E-state index contributed by atoms with van der Waals surface area (Å²) in [6.07, 6.45) is 5.13. The minimum atomic E-state index is -0.724. The van der Waals surface area contributed by atoms with Crippen LogP contribution >= 0.6 is 0 Å². The van der Waals surface area contributed by atoms with Crippen LogP contribution in [0.4, 0.5) is 0 Å². The van der Waals surface area contributed by atoms with E-state index in [4.69, 9.17) is 0 Å². The number of carbonyl (C=O) groups excluding carboxylic acids is 2. The van der Waals surface area contributed by atoms with Crippen molar-refractivity contribution in [2.45, 2.75) is 6.54 Å². The summed E-state index contributed by atoms with van der Waals surface area (Å²) in [5.41, 5.74) is 2.98. The molecule has 2 heterocycles. The first-order chi connectivity index (χ1) is 10.1. The molecule has 2 amide bonds. The minimum absolute atomic E-state index is 0.0269. The lowest BCUT2D eigenvalue weighted by atomic mass is 10.4. The van der Waals surface area contributed by atoms with Crippen LogP contribution in [0.2, 0.25) is 0 Å². The van der Waals surface area contributed by atoms with Crippen LogP contribution in [-0.4, -0.2) is 31.3 Å². The molecule has 0 saturated carbocycles. The van der Waals surface area contributed by atoms with Gasteiger partial charge in [0.15, 0.2) is 0 Å². The molecule has 0 spiro atoms. The molecule has 0 fully saturated rings. The summed E-state index contributed by atoms with van der Waals surface area (Å²) in [5.74, 6) is -1.30. The fraction of sp³-hybridized carbons (Fsp3) is 0.0909. The second kappa shape index (κ2) is 6.23. The van der Waals surface area contributed by atoms with E-state index in [0.717, 1.165) is 10.6 Å². The molecule has 3 N–H and O–H groups in total. The van der Waals surface area contributed by atoms with Crippen molar-refractivity contribution in [3.8, 4) is 0 Å². The smallest absolute Gasteiger partial charge is 0.291 e. The van der Waals surface area contributed by atoms with Crippen molar-refractivity contribution in [2.24, 2.45) is 0 Å². The van der Waals surface area contributed by atoms with Gasteiger partial charge >= 0.3 is 5.69 Å². The standard InChI is InChI=1S/C11H10N6O4/c18-8-1-4-17(11(21)14-8)6-9(19)15-16-10(20)7-5-12-2-3-13-7/h1-5H,6H2,(H,15,19)(H,16,20)(H,14,18,21). The molecule has 0 radical (unpaired) electrons. The summed E-state index contributed by atoms with van der Waals surface area (Å²) >= 11 is 0. The molecular formula is C11H10N6O4. The minimum Gasteiger partial charge on any atom is -0.291 e. The van der Waals surface area contributed by atoms with E-state index in [-0.39, 0.29) is 12.2 Å². The predicted molar refractivity (Wildman–Crippen MR) is 69.0 cm³/mol. The number of nitrogens with one attached hydrogen (secondary N) is 3. The molecular weight excluding hydrogens is 280 g/mol. The lowest BCUT2D eigenvalue weighted by Gasteiger charge is -2.07. The summed E-state index contributed by atoms with van der Waals surface area (Å²) in [5, 5.41) is 0. The largest absolute Gasteiger partial charge is 0.328 e. The van der Waals surface area contributed by atoms with Gasteiger partial charge in [0.2, 0.25) is 0 Å². The van der Waals surface area contributed by atoms with Gasteiger partial charge in [-0.05, 0) is 0 Å². The summed E-state index contributed by atoms with van der Waals surface area (Å²) in [4.78, 5) is 54.8. The zero-order valence-corrected chi connectivity index (χ0v) is 10.6. The Morgan fingerprint density at radius 3 is 2.71 bits per heavy atom. The van der Waals surface area contributed by atoms with E-state index in [1.54, 1.807) is 0 Å². The molecule has 0 aromatic carbocycles. The van der Waals surface area contributed by atoms with Gasteiger partial charge in [0.25, 0.3) is 17.4 Å². The van der Waals surface area contributed by atoms with Crippen LogP contribution in [0, 0.1) is 0 Å². The third-order valence-electron chi connectivity index (χ3n) is 2.32. The number of aromatic nitrogens is 4. The Bertz CT molecular complexity index is 766. The molecule has 0 saturated heterocycles. The predicted octanol–water partition coefficient (Wildman–Crippen LogP) is -2.21. The third kappa shape index (κ3) is 3.83. The van der Waals surface area contributed by atoms with E-state index < -0.39 is 23.1 Å². The van der Waals surface area contributed by atoms with E-state index in [9.17, 15) is 19.2 Å². The van der Waals surface area contributed by atoms with Crippen molar-refractivity contribution >= 4 is 11.8 Å². The first-order valence-corrected chi connectivity index (χ1v) is 5.71. The Morgan fingerprint density at radius 2 is 2.05 bits per heavy atom. The summed E-state index contributed by atoms with van der Waals surface area (Å²) < 4.78 is 0.977. The number of carbonyl (C=O) groups is 2. The van der Waals surface area contributed by atoms with Crippen molar-refractivity contribution in [1.29, 1.82) is 0 Å². The van der Waals surface area contributed by atoms with Crippen molar-refractivity contribution in [1.82, 2.24) is 30.4 Å². The Hall–Kier alpha value is -3.30. The van der Waals surface area contributed by atoms with Gasteiger partial charge in [-0.15, -0.1) is 0 Å². The van der Waals surface area contributed by atoms with Gasteiger partial charge in [0.05, 0.1) is 6.20 Å². The van der Waals surface area contributed by atoms with Gasteiger partial charge in [-0.25, -0.2) is 9.78 Å². The van der Waals surface area contributed by atoms with Crippen LogP contribution < -0.4 is 22.1 Å². The Balaban J connectivity index is 1.92. The molecule has 2 aromatic heterocycles. The van der Waals surface area contributed by atoms with Crippen LogP contribution in [0.25, 0.3) is 0 Å². The van der Waals surface area contributed by atoms with Crippen molar-refractivity contribution in [3.05, 3.63) is 57.4 Å². The molecule has 0 atom stereocenters. The zero-order chi connectivity index (χ0) is 15.2. The highest BCUT2D eigenvalue weighted by molar-refractivity contribution is 5.93. The topological polar surface area (TPSA) is 139 Å². The van der Waals surface area contributed by atoms with Crippen LogP contribution in [0.1, 0.15) is 10.5 Å². The average molecular weight is 290 g/mol. The Labute approximate surface area is 116 Å². The number of aromatic amines is 1. The lowest BCUT2D eigenvalue weighted by molar-refractivity contribution is -0.122. The molecule has 0 bridgehead atoms. The van der Waals surface area contributed by atoms with E-state index >= 15 is 0 Å². The molecule has 0 aliphatic rings. The van der Waals surface area contributed by atoms with E-state index in [1.165, 1.54) is 24.8 Å². The van der Waals surface area contributed by atoms with Gasteiger partial charge in [0.1, 0.15) is 12.2 Å². The molecule has 0 unspecified atom stereocenters. The fourth-order valence-corrected chi connectivity index (χ4v) is 1.37. The number of H-pyrrole nitrogens is 1. The molecule has 10 heteroatoms. The lowest BCUT2D eigenvalue weighted by Crippen LogP contribution is -2.45. The number of hydrazine groups is 1. The van der Waals surface area contributed by atoms with Crippen LogP contribution in [0.15, 0.2) is 40.4 Å². The van der Waals surface area contributed by atoms with Gasteiger partial charge in [0, 0.05) is 24.7 Å². The van der Waals surface area contributed by atoms with Gasteiger partial charge in [-0.1, -0.05) is 0 Å².